The Labute approximate surface area is 194 Å². The number of rotatable bonds is 5. The van der Waals surface area contributed by atoms with E-state index in [1.165, 1.54) is 29.3 Å². The van der Waals surface area contributed by atoms with E-state index in [-0.39, 0.29) is 17.4 Å². The predicted molar refractivity (Wildman–Crippen MR) is 123 cm³/mol. The quantitative estimate of drug-likeness (QED) is 0.553. The van der Waals surface area contributed by atoms with E-state index in [4.69, 9.17) is 21.1 Å². The van der Waals surface area contributed by atoms with Crippen LogP contribution in [-0.4, -0.2) is 36.1 Å². The molecule has 4 nitrogen and oxygen atoms in total. The molecule has 2 aromatic rings. The first-order valence-electron chi connectivity index (χ1n) is 11.3. The van der Waals surface area contributed by atoms with Gasteiger partial charge in [-0.25, -0.2) is 4.39 Å². The van der Waals surface area contributed by atoms with E-state index < -0.39 is 11.5 Å². The smallest absolute Gasteiger partial charge is 0.311 e. The van der Waals surface area contributed by atoms with Crippen LogP contribution in [0.2, 0.25) is 5.02 Å². The first-order valence-corrected chi connectivity index (χ1v) is 11.6. The van der Waals surface area contributed by atoms with Gasteiger partial charge in [0.25, 0.3) is 0 Å². The Hall–Kier alpha value is -1.95. The van der Waals surface area contributed by atoms with Crippen molar-refractivity contribution >= 4 is 17.6 Å². The summed E-state index contributed by atoms with van der Waals surface area (Å²) in [5.41, 5.74) is 2.39. The third-order valence-electron chi connectivity index (χ3n) is 6.37. The summed E-state index contributed by atoms with van der Waals surface area (Å²) in [6, 6.07) is 12.7. The first-order chi connectivity index (χ1) is 15.2. The molecule has 0 saturated carbocycles. The molecule has 0 aromatic heterocycles. The van der Waals surface area contributed by atoms with Crippen LogP contribution in [0.5, 0.6) is 0 Å². The van der Waals surface area contributed by atoms with Gasteiger partial charge in [0, 0.05) is 24.7 Å². The SMILES string of the molecule is CC(C)(C)OC(=O)C(Cc1cc(F)ccc1Cl)CN1CCC2(CC1)OCc1ccccc12. The number of piperidine rings is 1. The average Bonchev–Trinajstić information content (AvgIpc) is 3.09. The monoisotopic (exact) mass is 459 g/mol. The van der Waals surface area contributed by atoms with Crippen LogP contribution in [0.25, 0.3) is 0 Å². The van der Waals surface area contributed by atoms with Gasteiger partial charge in [-0.3, -0.25) is 4.79 Å². The molecule has 2 aliphatic heterocycles. The van der Waals surface area contributed by atoms with Gasteiger partial charge in [0.1, 0.15) is 11.4 Å². The van der Waals surface area contributed by atoms with Gasteiger partial charge >= 0.3 is 5.97 Å². The zero-order valence-electron chi connectivity index (χ0n) is 19.0. The predicted octanol–water partition coefficient (Wildman–Crippen LogP) is 5.50. The molecular weight excluding hydrogens is 429 g/mol. The van der Waals surface area contributed by atoms with E-state index in [9.17, 15) is 9.18 Å². The molecule has 2 aliphatic rings. The van der Waals surface area contributed by atoms with Gasteiger partial charge in [-0.1, -0.05) is 35.9 Å². The van der Waals surface area contributed by atoms with Crippen LogP contribution in [0.3, 0.4) is 0 Å². The molecule has 1 unspecified atom stereocenters. The van der Waals surface area contributed by atoms with E-state index in [0.29, 0.717) is 30.2 Å². The van der Waals surface area contributed by atoms with Crippen molar-refractivity contribution in [1.29, 1.82) is 0 Å². The highest BCUT2D eigenvalue weighted by atomic mass is 35.5. The number of likely N-dealkylation sites (tertiary alicyclic amines) is 1. The van der Waals surface area contributed by atoms with Gasteiger partial charge in [0.15, 0.2) is 0 Å². The third-order valence-corrected chi connectivity index (χ3v) is 6.74. The molecule has 0 radical (unpaired) electrons. The highest BCUT2D eigenvalue weighted by Gasteiger charge is 2.43. The molecule has 1 saturated heterocycles. The molecule has 0 aliphatic carbocycles. The second kappa shape index (κ2) is 9.12. The topological polar surface area (TPSA) is 38.8 Å². The maximum Gasteiger partial charge on any atom is 0.311 e. The maximum atomic E-state index is 13.8. The van der Waals surface area contributed by atoms with Crippen LogP contribution in [-0.2, 0) is 32.9 Å². The van der Waals surface area contributed by atoms with Crippen LogP contribution in [0.1, 0.15) is 50.3 Å². The van der Waals surface area contributed by atoms with Crippen molar-refractivity contribution in [3.05, 3.63) is 70.0 Å². The number of esters is 1. The van der Waals surface area contributed by atoms with Crippen molar-refractivity contribution < 1.29 is 18.7 Å². The largest absolute Gasteiger partial charge is 0.460 e. The summed E-state index contributed by atoms with van der Waals surface area (Å²) in [7, 11) is 0. The Kier molecular flexibility index (Phi) is 6.62. The minimum Gasteiger partial charge on any atom is -0.460 e. The van der Waals surface area contributed by atoms with Crippen LogP contribution < -0.4 is 0 Å². The molecule has 2 aromatic carbocycles. The fourth-order valence-corrected chi connectivity index (χ4v) is 4.97. The first kappa shape index (κ1) is 23.2. The zero-order valence-corrected chi connectivity index (χ0v) is 19.8. The highest BCUT2D eigenvalue weighted by Crippen LogP contribution is 2.44. The number of benzene rings is 2. The lowest BCUT2D eigenvalue weighted by Gasteiger charge is -2.40. The highest BCUT2D eigenvalue weighted by molar-refractivity contribution is 6.31. The molecule has 1 fully saturated rings. The molecule has 1 atom stereocenters. The van der Waals surface area contributed by atoms with Crippen molar-refractivity contribution in [1.82, 2.24) is 4.90 Å². The second-order valence-electron chi connectivity index (χ2n) is 9.91. The normalized spacial score (nSPS) is 19.0. The van der Waals surface area contributed by atoms with Gasteiger partial charge in [-0.05, 0) is 74.9 Å². The summed E-state index contributed by atoms with van der Waals surface area (Å²) >= 11 is 6.30. The molecule has 0 N–H and O–H groups in total. The molecule has 6 heteroatoms. The third kappa shape index (κ3) is 5.16. The Balaban J connectivity index is 1.47. The van der Waals surface area contributed by atoms with E-state index >= 15 is 0 Å². The molecular formula is C26H31ClFNO3. The van der Waals surface area contributed by atoms with Crippen LogP contribution in [0.4, 0.5) is 4.39 Å². The van der Waals surface area contributed by atoms with Crippen molar-refractivity contribution in [2.75, 3.05) is 19.6 Å². The van der Waals surface area contributed by atoms with Gasteiger partial charge in [-0.15, -0.1) is 0 Å². The minimum absolute atomic E-state index is 0.222. The number of nitrogens with zero attached hydrogens (tertiary/aromatic N) is 1. The van der Waals surface area contributed by atoms with Crippen LogP contribution >= 0.6 is 11.6 Å². The lowest BCUT2D eigenvalue weighted by molar-refractivity contribution is -0.161. The second-order valence-corrected chi connectivity index (χ2v) is 10.3. The Morgan fingerprint density at radius 2 is 1.94 bits per heavy atom. The van der Waals surface area contributed by atoms with Crippen LogP contribution in [0.15, 0.2) is 42.5 Å². The fourth-order valence-electron chi connectivity index (χ4n) is 4.78. The summed E-state index contributed by atoms with van der Waals surface area (Å²) in [6.07, 6.45) is 2.10. The average molecular weight is 460 g/mol. The summed E-state index contributed by atoms with van der Waals surface area (Å²) in [4.78, 5) is 15.3. The van der Waals surface area contributed by atoms with Gasteiger partial charge < -0.3 is 14.4 Å². The van der Waals surface area contributed by atoms with Crippen LogP contribution in [0, 0.1) is 11.7 Å². The van der Waals surface area contributed by atoms with E-state index in [1.54, 1.807) is 0 Å². The number of halogens is 2. The Morgan fingerprint density at radius 1 is 1.22 bits per heavy atom. The Morgan fingerprint density at radius 3 is 2.66 bits per heavy atom. The summed E-state index contributed by atoms with van der Waals surface area (Å²) < 4.78 is 25.8. The van der Waals surface area contributed by atoms with Crippen molar-refractivity contribution in [2.24, 2.45) is 5.92 Å². The number of hydrogen-bond donors (Lipinski definition) is 0. The molecule has 1 spiro atoms. The van der Waals surface area contributed by atoms with Crippen molar-refractivity contribution in [3.63, 3.8) is 0 Å². The Bertz CT molecular complexity index is 979. The van der Waals surface area contributed by atoms with Crippen molar-refractivity contribution in [3.8, 4) is 0 Å². The molecule has 0 bridgehead atoms. The molecule has 32 heavy (non-hydrogen) atoms. The van der Waals surface area contributed by atoms with Gasteiger partial charge in [-0.2, -0.15) is 0 Å². The fraction of sp³-hybridized carbons (Fsp3) is 0.500. The van der Waals surface area contributed by atoms with E-state index in [2.05, 4.69) is 29.2 Å². The van der Waals surface area contributed by atoms with Gasteiger partial charge in [0.05, 0.1) is 18.1 Å². The number of carbonyl (C=O) groups excluding carboxylic acids is 1. The number of carbonyl (C=O) groups is 1. The molecule has 172 valence electrons. The maximum absolute atomic E-state index is 13.8. The number of hydrogen-bond acceptors (Lipinski definition) is 4. The van der Waals surface area contributed by atoms with Crippen molar-refractivity contribution in [2.45, 2.75) is 57.8 Å². The summed E-state index contributed by atoms with van der Waals surface area (Å²) in [6.45, 7) is 8.42. The van der Waals surface area contributed by atoms with E-state index in [1.807, 2.05) is 20.8 Å². The molecule has 2 heterocycles. The zero-order chi connectivity index (χ0) is 22.9. The summed E-state index contributed by atoms with van der Waals surface area (Å²) in [5, 5.41) is 0.466. The standard InChI is InChI=1S/C26H31ClFNO3/c1-25(2,3)32-24(30)20(14-19-15-21(28)8-9-23(19)27)16-29-12-10-26(11-13-29)22-7-5-4-6-18(22)17-31-26/h4-9,15,20H,10-14,16-17H2,1-3H3. The molecule has 4 rings (SSSR count). The van der Waals surface area contributed by atoms with Gasteiger partial charge in [0.2, 0.25) is 0 Å². The summed E-state index contributed by atoms with van der Waals surface area (Å²) in [5.74, 6) is -1.07. The molecule has 0 amide bonds. The minimum atomic E-state index is -0.589. The lowest BCUT2D eigenvalue weighted by atomic mass is 9.83. The number of ether oxygens (including phenoxy) is 2. The lowest BCUT2D eigenvalue weighted by Crippen LogP contribution is -2.46. The van der Waals surface area contributed by atoms with E-state index in [0.717, 1.165) is 25.9 Å². The number of fused-ring (bicyclic) bond motifs is 2.